The van der Waals surface area contributed by atoms with Crippen LogP contribution in [0.2, 0.25) is 0 Å². The largest absolute Gasteiger partial charge is 0.465 e. The molecule has 12 heavy (non-hydrogen) atoms. The maximum Gasteiger partial charge on any atom is 0.407 e. The fourth-order valence-electron chi connectivity index (χ4n) is 0.568. The van der Waals surface area contributed by atoms with E-state index in [1.807, 2.05) is 5.43 Å². The average molecular weight is 175 g/mol. The van der Waals surface area contributed by atoms with Crippen LogP contribution in [-0.2, 0) is 4.79 Å². The van der Waals surface area contributed by atoms with E-state index in [1.165, 1.54) is 20.9 Å². The molecule has 0 unspecified atom stereocenters. The lowest BCUT2D eigenvalue weighted by molar-refractivity contribution is -0.130. The molecule has 0 fully saturated rings. The predicted octanol–water partition coefficient (Wildman–Crippen LogP) is -0.635. The lowest BCUT2D eigenvalue weighted by Crippen LogP contribution is -2.56. The van der Waals surface area contributed by atoms with Gasteiger partial charge in [0.25, 0.3) is 5.91 Å². The second-order valence-electron chi connectivity index (χ2n) is 2.87. The van der Waals surface area contributed by atoms with Crippen LogP contribution in [0.15, 0.2) is 0 Å². The summed E-state index contributed by atoms with van der Waals surface area (Å²) in [5.41, 5.74) is 0.745. The van der Waals surface area contributed by atoms with E-state index in [-0.39, 0.29) is 0 Å². The van der Waals surface area contributed by atoms with Crippen molar-refractivity contribution in [1.29, 1.82) is 0 Å². The zero-order valence-corrected chi connectivity index (χ0v) is 7.29. The van der Waals surface area contributed by atoms with Crippen molar-refractivity contribution < 1.29 is 14.7 Å². The number of nitrogens with two attached hydrogens (primary N) is 1. The molecule has 6 heteroatoms. The molecule has 0 atom stereocenters. The van der Waals surface area contributed by atoms with Crippen LogP contribution >= 0.6 is 0 Å². The lowest BCUT2D eigenvalue weighted by atomic mass is 10.0. The van der Waals surface area contributed by atoms with Crippen LogP contribution in [-0.4, -0.2) is 34.6 Å². The van der Waals surface area contributed by atoms with Gasteiger partial charge >= 0.3 is 6.09 Å². The Labute approximate surface area is 70.3 Å². The van der Waals surface area contributed by atoms with Crippen LogP contribution in [0.25, 0.3) is 0 Å². The van der Waals surface area contributed by atoms with E-state index >= 15 is 0 Å². The molecular formula is C6H13N3O3. The minimum atomic E-state index is -1.18. The monoisotopic (exact) mass is 175 g/mol. The SMILES string of the molecule is CN(C(=O)O)C(C)(C)C(=O)NN. The highest BCUT2D eigenvalue weighted by Crippen LogP contribution is 2.11. The number of nitrogens with one attached hydrogen (secondary N) is 1. The Morgan fingerprint density at radius 2 is 1.92 bits per heavy atom. The lowest BCUT2D eigenvalue weighted by Gasteiger charge is -2.30. The summed E-state index contributed by atoms with van der Waals surface area (Å²) in [6.45, 7) is 2.92. The molecule has 0 aliphatic rings. The highest BCUT2D eigenvalue weighted by Gasteiger charge is 2.34. The standard InChI is InChI=1S/C6H13N3O3/c1-6(2,4(10)8-7)9(3)5(11)12/h7H2,1-3H3,(H,8,10)(H,11,12). The summed E-state index contributed by atoms with van der Waals surface area (Å²) in [5.74, 6) is 4.33. The Hall–Kier alpha value is -1.30. The fraction of sp³-hybridized carbons (Fsp3) is 0.667. The van der Waals surface area contributed by atoms with Gasteiger partial charge in [0.05, 0.1) is 0 Å². The molecule has 2 amide bonds. The Morgan fingerprint density at radius 1 is 1.50 bits per heavy atom. The first-order chi connectivity index (χ1) is 5.34. The first-order valence-electron chi connectivity index (χ1n) is 3.31. The molecule has 0 aromatic heterocycles. The number of carbonyl (C=O) groups is 2. The first-order valence-corrected chi connectivity index (χ1v) is 3.31. The number of rotatable bonds is 2. The van der Waals surface area contributed by atoms with Crippen molar-refractivity contribution in [3.8, 4) is 0 Å². The number of nitrogens with zero attached hydrogens (tertiary/aromatic N) is 1. The molecule has 0 bridgehead atoms. The first kappa shape index (κ1) is 10.7. The van der Waals surface area contributed by atoms with Gasteiger partial charge in [-0.2, -0.15) is 0 Å². The molecular weight excluding hydrogens is 162 g/mol. The quantitative estimate of drug-likeness (QED) is 0.295. The van der Waals surface area contributed by atoms with Gasteiger partial charge in [0.2, 0.25) is 0 Å². The summed E-state index contributed by atoms with van der Waals surface area (Å²) < 4.78 is 0. The Bertz CT molecular complexity index is 202. The van der Waals surface area contributed by atoms with E-state index in [2.05, 4.69) is 0 Å². The van der Waals surface area contributed by atoms with Gasteiger partial charge < -0.3 is 5.11 Å². The molecule has 0 saturated heterocycles. The number of carboxylic acid groups (broad SMARTS) is 1. The molecule has 0 aliphatic heterocycles. The van der Waals surface area contributed by atoms with E-state index < -0.39 is 17.5 Å². The number of amides is 2. The van der Waals surface area contributed by atoms with Gasteiger partial charge in [0.15, 0.2) is 0 Å². The van der Waals surface area contributed by atoms with E-state index in [4.69, 9.17) is 10.9 Å². The summed E-state index contributed by atoms with van der Waals surface area (Å²) in [4.78, 5) is 22.4. The highest BCUT2D eigenvalue weighted by atomic mass is 16.4. The molecule has 0 aromatic rings. The van der Waals surface area contributed by atoms with Crippen LogP contribution in [0.3, 0.4) is 0 Å². The number of carbonyl (C=O) groups excluding carboxylic acids is 1. The molecule has 0 saturated carbocycles. The van der Waals surface area contributed by atoms with E-state index in [0.29, 0.717) is 0 Å². The molecule has 4 N–H and O–H groups in total. The van der Waals surface area contributed by atoms with Crippen LogP contribution in [0, 0.1) is 0 Å². The van der Waals surface area contributed by atoms with E-state index in [0.717, 1.165) is 4.90 Å². The summed E-state index contributed by atoms with van der Waals surface area (Å²) in [6, 6.07) is 0. The van der Waals surface area contributed by atoms with Gasteiger partial charge in [-0.1, -0.05) is 0 Å². The van der Waals surface area contributed by atoms with Gasteiger partial charge in [0, 0.05) is 7.05 Å². The maximum absolute atomic E-state index is 11.0. The number of hydrogen-bond donors (Lipinski definition) is 3. The third kappa shape index (κ3) is 1.85. The summed E-state index contributed by atoms with van der Waals surface area (Å²) in [7, 11) is 1.30. The number of hydrazine groups is 1. The topological polar surface area (TPSA) is 95.7 Å². The van der Waals surface area contributed by atoms with Crippen LogP contribution < -0.4 is 11.3 Å². The normalized spacial score (nSPS) is 10.7. The molecule has 6 nitrogen and oxygen atoms in total. The van der Waals surface area contributed by atoms with Crippen molar-refractivity contribution in [2.45, 2.75) is 19.4 Å². The summed E-state index contributed by atoms with van der Waals surface area (Å²) in [5, 5.41) is 8.57. The highest BCUT2D eigenvalue weighted by molar-refractivity contribution is 5.88. The van der Waals surface area contributed by atoms with Crippen LogP contribution in [0.1, 0.15) is 13.8 Å². The Kier molecular flexibility index (Phi) is 3.03. The van der Waals surface area contributed by atoms with Crippen molar-refractivity contribution in [1.82, 2.24) is 10.3 Å². The van der Waals surface area contributed by atoms with Crippen LogP contribution in [0.5, 0.6) is 0 Å². The Balaban J connectivity index is 4.60. The molecule has 0 rings (SSSR count). The molecule has 70 valence electrons. The third-order valence-electron chi connectivity index (χ3n) is 1.81. The minimum Gasteiger partial charge on any atom is -0.465 e. The smallest absolute Gasteiger partial charge is 0.407 e. The molecule has 0 heterocycles. The fourth-order valence-corrected chi connectivity index (χ4v) is 0.568. The predicted molar refractivity (Wildman–Crippen MR) is 42.2 cm³/mol. The van der Waals surface area contributed by atoms with Gasteiger partial charge in [-0.05, 0) is 13.8 Å². The second kappa shape index (κ2) is 3.40. The number of likely N-dealkylation sites (N-methyl/N-ethyl adjacent to an activating group) is 1. The van der Waals surface area contributed by atoms with Crippen molar-refractivity contribution in [2.24, 2.45) is 5.84 Å². The van der Waals surface area contributed by atoms with Gasteiger partial charge in [0.1, 0.15) is 5.54 Å². The zero-order chi connectivity index (χ0) is 9.94. The summed E-state index contributed by atoms with van der Waals surface area (Å²) in [6.07, 6.45) is -1.18. The van der Waals surface area contributed by atoms with Gasteiger partial charge in [-0.25, -0.2) is 10.6 Å². The minimum absolute atomic E-state index is 0.549. The van der Waals surface area contributed by atoms with Crippen molar-refractivity contribution in [3.05, 3.63) is 0 Å². The van der Waals surface area contributed by atoms with Crippen LogP contribution in [0.4, 0.5) is 4.79 Å². The van der Waals surface area contributed by atoms with Crippen molar-refractivity contribution >= 4 is 12.0 Å². The van der Waals surface area contributed by atoms with E-state index in [9.17, 15) is 9.59 Å². The van der Waals surface area contributed by atoms with Gasteiger partial charge in [-0.3, -0.25) is 15.1 Å². The molecule has 0 spiro atoms. The van der Waals surface area contributed by atoms with Crippen molar-refractivity contribution in [2.75, 3.05) is 7.05 Å². The zero-order valence-electron chi connectivity index (χ0n) is 7.29. The Morgan fingerprint density at radius 3 is 2.17 bits per heavy atom. The average Bonchev–Trinajstić information content (AvgIpc) is 2.01. The van der Waals surface area contributed by atoms with Gasteiger partial charge in [-0.15, -0.1) is 0 Å². The molecule has 0 aliphatic carbocycles. The second-order valence-corrected chi connectivity index (χ2v) is 2.87. The molecule has 0 radical (unpaired) electrons. The van der Waals surface area contributed by atoms with Crippen molar-refractivity contribution in [3.63, 3.8) is 0 Å². The summed E-state index contributed by atoms with van der Waals surface area (Å²) >= 11 is 0. The third-order valence-corrected chi connectivity index (χ3v) is 1.81. The van der Waals surface area contributed by atoms with E-state index in [1.54, 1.807) is 0 Å². The molecule has 0 aromatic carbocycles. The number of hydrogen-bond acceptors (Lipinski definition) is 3. The maximum atomic E-state index is 11.0.